The number of phenolic OH excluding ortho intramolecular Hbond substituents is 2. The normalized spacial score (nSPS) is 21.4. The second-order valence-corrected chi connectivity index (χ2v) is 4.32. The van der Waals surface area contributed by atoms with E-state index >= 15 is 0 Å². The Morgan fingerprint density at radius 1 is 1.38 bits per heavy atom. The lowest BCUT2D eigenvalue weighted by atomic mass is 10.1. The molecule has 0 spiro atoms. The van der Waals surface area contributed by atoms with E-state index in [0.717, 1.165) is 18.5 Å². The summed E-state index contributed by atoms with van der Waals surface area (Å²) in [6.45, 7) is 2.40. The third kappa shape index (κ3) is 2.28. The molecule has 88 valence electrons. The Hall–Kier alpha value is -1.26. The van der Waals surface area contributed by atoms with Gasteiger partial charge in [0, 0.05) is 30.8 Å². The van der Waals surface area contributed by atoms with Crippen LogP contribution in [0.2, 0.25) is 0 Å². The largest absolute Gasteiger partial charge is 0.508 e. The molecule has 1 heterocycles. The standard InChI is InChI=1S/C12H18N2O2/c13-7-10-2-1-5-14(10)8-9-3-4-11(15)6-12(9)16/h3-4,6,10,15-16H,1-2,5,7-8,13H2. The fraction of sp³-hybridized carbons (Fsp3) is 0.500. The molecular formula is C12H18N2O2. The topological polar surface area (TPSA) is 69.7 Å². The van der Waals surface area contributed by atoms with Crippen molar-refractivity contribution in [2.45, 2.75) is 25.4 Å². The van der Waals surface area contributed by atoms with Crippen LogP contribution in [0.15, 0.2) is 18.2 Å². The smallest absolute Gasteiger partial charge is 0.123 e. The molecule has 1 aliphatic rings. The summed E-state index contributed by atoms with van der Waals surface area (Å²) in [6.07, 6.45) is 2.30. The van der Waals surface area contributed by atoms with Gasteiger partial charge in [0.25, 0.3) is 0 Å². The van der Waals surface area contributed by atoms with Crippen molar-refractivity contribution in [1.82, 2.24) is 4.90 Å². The maximum absolute atomic E-state index is 9.69. The van der Waals surface area contributed by atoms with E-state index in [0.29, 0.717) is 19.1 Å². The number of aromatic hydroxyl groups is 2. The van der Waals surface area contributed by atoms with E-state index in [4.69, 9.17) is 5.73 Å². The van der Waals surface area contributed by atoms with E-state index < -0.39 is 0 Å². The van der Waals surface area contributed by atoms with Crippen LogP contribution in [-0.4, -0.2) is 34.2 Å². The molecule has 1 unspecified atom stereocenters. The molecule has 1 saturated heterocycles. The van der Waals surface area contributed by atoms with Gasteiger partial charge in [0.05, 0.1) is 0 Å². The number of benzene rings is 1. The molecule has 1 fully saturated rings. The number of rotatable bonds is 3. The van der Waals surface area contributed by atoms with Gasteiger partial charge in [-0.1, -0.05) is 6.07 Å². The van der Waals surface area contributed by atoms with Gasteiger partial charge in [0.1, 0.15) is 11.5 Å². The Morgan fingerprint density at radius 3 is 2.88 bits per heavy atom. The van der Waals surface area contributed by atoms with Crippen LogP contribution in [0.4, 0.5) is 0 Å². The molecule has 16 heavy (non-hydrogen) atoms. The van der Waals surface area contributed by atoms with E-state index in [2.05, 4.69) is 4.90 Å². The lowest BCUT2D eigenvalue weighted by molar-refractivity contribution is 0.247. The van der Waals surface area contributed by atoms with Crippen molar-refractivity contribution in [3.05, 3.63) is 23.8 Å². The van der Waals surface area contributed by atoms with Crippen LogP contribution in [-0.2, 0) is 6.54 Å². The molecule has 0 saturated carbocycles. The minimum absolute atomic E-state index is 0.0954. The first-order valence-electron chi connectivity index (χ1n) is 5.65. The SMILES string of the molecule is NCC1CCCN1Cc1ccc(O)cc1O. The second-order valence-electron chi connectivity index (χ2n) is 4.32. The Labute approximate surface area is 95.3 Å². The minimum atomic E-state index is 0.0954. The van der Waals surface area contributed by atoms with Crippen molar-refractivity contribution in [2.75, 3.05) is 13.1 Å². The first-order valence-corrected chi connectivity index (χ1v) is 5.65. The predicted molar refractivity (Wildman–Crippen MR) is 62.3 cm³/mol. The van der Waals surface area contributed by atoms with Gasteiger partial charge in [-0.15, -0.1) is 0 Å². The average molecular weight is 222 g/mol. The third-order valence-corrected chi connectivity index (χ3v) is 3.21. The van der Waals surface area contributed by atoms with Crippen LogP contribution in [0.3, 0.4) is 0 Å². The minimum Gasteiger partial charge on any atom is -0.508 e. The van der Waals surface area contributed by atoms with E-state index in [1.54, 1.807) is 12.1 Å². The molecule has 0 amide bonds. The summed E-state index contributed by atoms with van der Waals surface area (Å²) in [5.41, 5.74) is 6.54. The Balaban J connectivity index is 2.08. The van der Waals surface area contributed by atoms with Crippen molar-refractivity contribution in [2.24, 2.45) is 5.73 Å². The Bertz CT molecular complexity index is 368. The molecule has 1 aromatic carbocycles. The van der Waals surface area contributed by atoms with Crippen molar-refractivity contribution >= 4 is 0 Å². The number of hydrogen-bond acceptors (Lipinski definition) is 4. The number of likely N-dealkylation sites (tertiary alicyclic amines) is 1. The fourth-order valence-electron chi connectivity index (χ4n) is 2.27. The highest BCUT2D eigenvalue weighted by molar-refractivity contribution is 5.38. The lowest BCUT2D eigenvalue weighted by Gasteiger charge is -2.23. The zero-order valence-corrected chi connectivity index (χ0v) is 9.26. The molecule has 1 atom stereocenters. The quantitative estimate of drug-likeness (QED) is 0.714. The summed E-state index contributed by atoms with van der Waals surface area (Å²) in [5.74, 6) is 0.251. The van der Waals surface area contributed by atoms with Crippen LogP contribution in [0.5, 0.6) is 11.5 Å². The highest BCUT2D eigenvalue weighted by Crippen LogP contribution is 2.26. The van der Waals surface area contributed by atoms with Crippen LogP contribution in [0.1, 0.15) is 18.4 Å². The summed E-state index contributed by atoms with van der Waals surface area (Å²) in [7, 11) is 0. The molecule has 1 aliphatic heterocycles. The number of hydrogen-bond donors (Lipinski definition) is 3. The van der Waals surface area contributed by atoms with E-state index in [9.17, 15) is 10.2 Å². The molecule has 4 nitrogen and oxygen atoms in total. The van der Waals surface area contributed by atoms with Gasteiger partial charge < -0.3 is 15.9 Å². The summed E-state index contributed by atoms with van der Waals surface area (Å²) >= 11 is 0. The van der Waals surface area contributed by atoms with Gasteiger partial charge in [0.15, 0.2) is 0 Å². The van der Waals surface area contributed by atoms with Crippen molar-refractivity contribution in [1.29, 1.82) is 0 Å². The third-order valence-electron chi connectivity index (χ3n) is 3.21. The number of nitrogens with two attached hydrogens (primary N) is 1. The molecular weight excluding hydrogens is 204 g/mol. The van der Waals surface area contributed by atoms with Crippen molar-refractivity contribution in [3.8, 4) is 11.5 Å². The van der Waals surface area contributed by atoms with Crippen molar-refractivity contribution in [3.63, 3.8) is 0 Å². The first-order chi connectivity index (χ1) is 7.70. The predicted octanol–water partition coefficient (Wildman–Crippen LogP) is 1.02. The van der Waals surface area contributed by atoms with Gasteiger partial charge in [-0.25, -0.2) is 0 Å². The molecule has 2 rings (SSSR count). The fourth-order valence-corrected chi connectivity index (χ4v) is 2.27. The van der Waals surface area contributed by atoms with Crippen LogP contribution in [0, 0.1) is 0 Å². The Kier molecular flexibility index (Phi) is 3.31. The van der Waals surface area contributed by atoms with Crippen LogP contribution in [0.25, 0.3) is 0 Å². The van der Waals surface area contributed by atoms with Gasteiger partial charge in [-0.2, -0.15) is 0 Å². The highest BCUT2D eigenvalue weighted by Gasteiger charge is 2.23. The lowest BCUT2D eigenvalue weighted by Crippen LogP contribution is -2.34. The molecule has 0 aromatic heterocycles. The van der Waals surface area contributed by atoms with Crippen molar-refractivity contribution < 1.29 is 10.2 Å². The first kappa shape index (κ1) is 11.2. The molecule has 0 aliphatic carbocycles. The Morgan fingerprint density at radius 2 is 2.19 bits per heavy atom. The zero-order chi connectivity index (χ0) is 11.5. The zero-order valence-electron chi connectivity index (χ0n) is 9.26. The highest BCUT2D eigenvalue weighted by atomic mass is 16.3. The maximum atomic E-state index is 9.69. The molecule has 0 radical (unpaired) electrons. The molecule has 4 N–H and O–H groups in total. The van der Waals surface area contributed by atoms with Crippen LogP contribution >= 0.6 is 0 Å². The van der Waals surface area contributed by atoms with E-state index in [1.807, 2.05) is 0 Å². The van der Waals surface area contributed by atoms with Gasteiger partial charge in [0.2, 0.25) is 0 Å². The van der Waals surface area contributed by atoms with Gasteiger partial charge in [-0.3, -0.25) is 4.90 Å². The molecule has 4 heteroatoms. The maximum Gasteiger partial charge on any atom is 0.123 e. The summed E-state index contributed by atoms with van der Waals surface area (Å²) in [4.78, 5) is 2.28. The summed E-state index contributed by atoms with van der Waals surface area (Å²) in [6, 6.07) is 5.16. The van der Waals surface area contributed by atoms with E-state index in [1.165, 1.54) is 12.5 Å². The number of phenols is 2. The van der Waals surface area contributed by atoms with Gasteiger partial charge >= 0.3 is 0 Å². The van der Waals surface area contributed by atoms with E-state index in [-0.39, 0.29) is 11.5 Å². The number of nitrogens with zero attached hydrogens (tertiary/aromatic N) is 1. The molecule has 1 aromatic rings. The summed E-state index contributed by atoms with van der Waals surface area (Å²) < 4.78 is 0. The average Bonchev–Trinajstić information content (AvgIpc) is 2.69. The monoisotopic (exact) mass is 222 g/mol. The molecule has 0 bridgehead atoms. The second kappa shape index (κ2) is 4.72. The van der Waals surface area contributed by atoms with Gasteiger partial charge in [-0.05, 0) is 25.5 Å². The van der Waals surface area contributed by atoms with Crippen LogP contribution < -0.4 is 5.73 Å². The summed E-state index contributed by atoms with van der Waals surface area (Å²) in [5, 5.41) is 18.9.